The van der Waals surface area contributed by atoms with Crippen LogP contribution in [-0.4, -0.2) is 46.4 Å². The number of ether oxygens (including phenoxy) is 1. The maximum Gasteiger partial charge on any atom is 0.306 e. The van der Waals surface area contributed by atoms with E-state index in [4.69, 9.17) is 16.3 Å². The third-order valence-corrected chi connectivity index (χ3v) is 9.88. The highest BCUT2D eigenvalue weighted by molar-refractivity contribution is 6.29. The molecule has 0 bridgehead atoms. The molecule has 0 aromatic rings. The molecule has 4 aliphatic carbocycles. The normalized spacial score (nSPS) is 44.5. The van der Waals surface area contributed by atoms with E-state index < -0.39 is 63.9 Å². The highest BCUT2D eigenvalue weighted by atomic mass is 35.5. The summed E-state index contributed by atoms with van der Waals surface area (Å²) in [7, 11) is 0. The molecular weight excluding hydrogens is 478 g/mol. The van der Waals surface area contributed by atoms with Crippen LogP contribution in [0.5, 0.6) is 0 Å². The summed E-state index contributed by atoms with van der Waals surface area (Å²) in [5.41, 5.74) is -3.84. The first kappa shape index (κ1) is 26.5. The SMILES string of the molecule is CCCCC(=O)O[C@]1(C(=O)CCl)[C@H](C)C[C@H]2[C@@H]3C[C@H](F)C4=C(F)C(=O)C=C[C@]4(C)[C@H]3[C@@H](O)C[C@@]21C. The standard InChI is InChI=1S/C27H35ClF2O5/c1-5-6-7-21(34)35-27(20(33)13-28)14(2)10-16-15-11-17(29)23-24(30)18(31)8-9-25(23,3)22(15)19(32)12-26(16,27)4/h8-9,14-17,19,22,32H,5-7,10-13H2,1-4H3/t14-,15+,16+,17+,19+,22-,25-,26+,27+/m1/s1. The molecule has 0 aliphatic heterocycles. The zero-order valence-corrected chi connectivity index (χ0v) is 21.5. The van der Waals surface area contributed by atoms with Crippen LogP contribution in [0.25, 0.3) is 0 Å². The summed E-state index contributed by atoms with van der Waals surface area (Å²) in [6.45, 7) is 7.33. The van der Waals surface area contributed by atoms with Gasteiger partial charge in [0.15, 0.2) is 17.2 Å². The molecule has 0 amide bonds. The summed E-state index contributed by atoms with van der Waals surface area (Å²) in [4.78, 5) is 38.3. The Hall–Kier alpha value is -1.60. The zero-order valence-electron chi connectivity index (χ0n) is 20.8. The number of hydrogen-bond acceptors (Lipinski definition) is 5. The first-order chi connectivity index (χ1) is 16.4. The lowest BCUT2D eigenvalue weighted by Crippen LogP contribution is -2.64. The summed E-state index contributed by atoms with van der Waals surface area (Å²) in [6.07, 6.45) is 2.08. The van der Waals surface area contributed by atoms with E-state index in [0.717, 1.165) is 12.5 Å². The van der Waals surface area contributed by atoms with E-state index in [-0.39, 0.29) is 42.6 Å². The van der Waals surface area contributed by atoms with Crippen LogP contribution in [0.15, 0.2) is 23.6 Å². The number of fused-ring (bicyclic) bond motifs is 5. The molecule has 5 nitrogen and oxygen atoms in total. The van der Waals surface area contributed by atoms with Crippen LogP contribution in [0.2, 0.25) is 0 Å². The van der Waals surface area contributed by atoms with Gasteiger partial charge in [-0.1, -0.05) is 40.2 Å². The van der Waals surface area contributed by atoms with Crippen LogP contribution >= 0.6 is 11.6 Å². The van der Waals surface area contributed by atoms with Crippen molar-refractivity contribution < 1.29 is 33.0 Å². The Balaban J connectivity index is 1.80. The average Bonchev–Trinajstić information content (AvgIpc) is 3.01. The third-order valence-electron chi connectivity index (χ3n) is 9.64. The number of aliphatic hydroxyl groups is 1. The predicted molar refractivity (Wildman–Crippen MR) is 127 cm³/mol. The van der Waals surface area contributed by atoms with Crippen LogP contribution in [0, 0.1) is 34.5 Å². The summed E-state index contributed by atoms with van der Waals surface area (Å²) < 4.78 is 36.5. The van der Waals surface area contributed by atoms with E-state index in [1.54, 1.807) is 6.92 Å². The van der Waals surface area contributed by atoms with Gasteiger partial charge in [-0.3, -0.25) is 14.4 Å². The van der Waals surface area contributed by atoms with Gasteiger partial charge < -0.3 is 9.84 Å². The Morgan fingerprint density at radius 2 is 1.97 bits per heavy atom. The minimum absolute atomic E-state index is 0.0664. The molecule has 0 spiro atoms. The van der Waals surface area contributed by atoms with E-state index in [1.807, 2.05) is 20.8 Å². The van der Waals surface area contributed by atoms with Crippen LogP contribution in [0.1, 0.15) is 66.2 Å². The van der Waals surface area contributed by atoms with Crippen LogP contribution in [-0.2, 0) is 19.1 Å². The first-order valence-corrected chi connectivity index (χ1v) is 13.2. The number of carbonyl (C=O) groups excluding carboxylic acids is 3. The molecule has 8 heteroatoms. The molecule has 9 atom stereocenters. The summed E-state index contributed by atoms with van der Waals surface area (Å²) in [6, 6.07) is 0. The van der Waals surface area contributed by atoms with Gasteiger partial charge in [-0.25, -0.2) is 8.78 Å². The molecule has 35 heavy (non-hydrogen) atoms. The van der Waals surface area contributed by atoms with Crippen molar-refractivity contribution >= 4 is 29.1 Å². The number of unbranched alkanes of at least 4 members (excludes halogenated alkanes) is 1. The lowest BCUT2D eigenvalue weighted by atomic mass is 9.45. The molecule has 3 saturated carbocycles. The van der Waals surface area contributed by atoms with E-state index >= 15 is 4.39 Å². The molecule has 3 fully saturated rings. The Morgan fingerprint density at radius 1 is 1.29 bits per heavy atom. The second-order valence-electron chi connectivity index (χ2n) is 11.4. The molecule has 0 saturated heterocycles. The van der Waals surface area contributed by atoms with Crippen molar-refractivity contribution in [3.8, 4) is 0 Å². The molecule has 194 valence electrons. The molecule has 0 radical (unpaired) electrons. The highest BCUT2D eigenvalue weighted by Crippen LogP contribution is 2.69. The van der Waals surface area contributed by atoms with Gasteiger partial charge in [0.05, 0.1) is 12.0 Å². The largest absolute Gasteiger partial charge is 0.450 e. The third kappa shape index (κ3) is 3.58. The van der Waals surface area contributed by atoms with Crippen molar-refractivity contribution in [1.29, 1.82) is 0 Å². The smallest absolute Gasteiger partial charge is 0.306 e. The number of aliphatic hydroxyl groups excluding tert-OH is 1. The van der Waals surface area contributed by atoms with Crippen molar-refractivity contribution in [2.24, 2.45) is 34.5 Å². The van der Waals surface area contributed by atoms with Gasteiger partial charge in [0.1, 0.15) is 6.17 Å². The van der Waals surface area contributed by atoms with Gasteiger partial charge >= 0.3 is 5.97 Å². The van der Waals surface area contributed by atoms with Crippen molar-refractivity contribution in [3.63, 3.8) is 0 Å². The van der Waals surface area contributed by atoms with Crippen LogP contribution in [0.3, 0.4) is 0 Å². The number of hydrogen-bond donors (Lipinski definition) is 1. The fraction of sp³-hybridized carbons (Fsp3) is 0.741. The maximum atomic E-state index is 15.6. The van der Waals surface area contributed by atoms with Gasteiger partial charge in [0, 0.05) is 34.7 Å². The Morgan fingerprint density at radius 3 is 2.60 bits per heavy atom. The lowest BCUT2D eigenvalue weighted by molar-refractivity contribution is -0.204. The summed E-state index contributed by atoms with van der Waals surface area (Å²) in [5, 5.41) is 11.5. The Kier molecular flexibility index (Phi) is 6.85. The second kappa shape index (κ2) is 9.05. The molecule has 0 aromatic heterocycles. The van der Waals surface area contributed by atoms with Crippen molar-refractivity contribution in [3.05, 3.63) is 23.6 Å². The van der Waals surface area contributed by atoms with E-state index in [0.29, 0.717) is 12.8 Å². The number of esters is 1. The van der Waals surface area contributed by atoms with Crippen LogP contribution in [0.4, 0.5) is 8.78 Å². The van der Waals surface area contributed by atoms with Crippen molar-refractivity contribution in [2.45, 2.75) is 84.1 Å². The zero-order chi connectivity index (χ0) is 25.9. The molecule has 1 N–H and O–H groups in total. The monoisotopic (exact) mass is 512 g/mol. The summed E-state index contributed by atoms with van der Waals surface area (Å²) in [5.74, 6) is -4.73. The average molecular weight is 513 g/mol. The quantitative estimate of drug-likeness (QED) is 0.398. The van der Waals surface area contributed by atoms with Gasteiger partial charge in [-0.2, -0.15) is 0 Å². The number of carbonyl (C=O) groups is 3. The fourth-order valence-corrected chi connectivity index (χ4v) is 8.47. The van der Waals surface area contributed by atoms with Gasteiger partial charge in [0.25, 0.3) is 0 Å². The summed E-state index contributed by atoms with van der Waals surface area (Å²) >= 11 is 6.06. The molecule has 4 aliphatic rings. The highest BCUT2D eigenvalue weighted by Gasteiger charge is 2.73. The lowest BCUT2D eigenvalue weighted by Gasteiger charge is -2.60. The molecule has 0 unspecified atom stereocenters. The van der Waals surface area contributed by atoms with E-state index in [2.05, 4.69) is 0 Å². The molecule has 0 heterocycles. The van der Waals surface area contributed by atoms with Gasteiger partial charge in [0.2, 0.25) is 5.78 Å². The number of Topliss-reactive ketones (excluding diaryl/α,β-unsaturated/α-hetero) is 1. The predicted octanol–water partition coefficient (Wildman–Crippen LogP) is 5.04. The Bertz CT molecular complexity index is 994. The molecule has 4 rings (SSSR count). The van der Waals surface area contributed by atoms with E-state index in [9.17, 15) is 23.9 Å². The van der Waals surface area contributed by atoms with E-state index in [1.165, 1.54) is 6.08 Å². The molecular formula is C27H35ClF2O5. The van der Waals surface area contributed by atoms with Crippen molar-refractivity contribution in [1.82, 2.24) is 0 Å². The topological polar surface area (TPSA) is 80.7 Å². The number of rotatable bonds is 6. The minimum atomic E-state index is -1.69. The second-order valence-corrected chi connectivity index (χ2v) is 11.7. The Labute approximate surface area is 210 Å². The number of alkyl halides is 2. The number of halogens is 3. The van der Waals surface area contributed by atoms with Gasteiger partial charge in [-0.05, 0) is 43.6 Å². The minimum Gasteiger partial charge on any atom is -0.450 e. The van der Waals surface area contributed by atoms with Crippen molar-refractivity contribution in [2.75, 3.05) is 5.88 Å². The maximum absolute atomic E-state index is 15.6. The first-order valence-electron chi connectivity index (χ1n) is 12.7. The molecule has 0 aromatic carbocycles. The number of allylic oxidation sites excluding steroid dienone is 4. The fourth-order valence-electron chi connectivity index (χ4n) is 8.27. The van der Waals surface area contributed by atoms with Crippen LogP contribution < -0.4 is 0 Å². The number of ketones is 2. The van der Waals surface area contributed by atoms with Gasteiger partial charge in [-0.15, -0.1) is 11.6 Å².